The molecule has 0 saturated heterocycles. The second kappa shape index (κ2) is 8.54. The second-order valence-electron chi connectivity index (χ2n) is 7.39. The summed E-state index contributed by atoms with van der Waals surface area (Å²) in [5.74, 6) is -0.310. The molecule has 31 heavy (non-hydrogen) atoms. The molecule has 1 atom stereocenters. The first-order valence-electron chi connectivity index (χ1n) is 9.71. The summed E-state index contributed by atoms with van der Waals surface area (Å²) >= 11 is 12.1. The van der Waals surface area contributed by atoms with Gasteiger partial charge in [0.2, 0.25) is 5.91 Å². The van der Waals surface area contributed by atoms with Crippen LogP contribution in [0.3, 0.4) is 0 Å². The van der Waals surface area contributed by atoms with Crippen LogP contribution in [0.15, 0.2) is 77.7 Å². The predicted molar refractivity (Wildman–Crippen MR) is 125 cm³/mol. The lowest BCUT2D eigenvalue weighted by molar-refractivity contribution is -0.117. The monoisotopic (exact) mass is 474 g/mol. The van der Waals surface area contributed by atoms with E-state index in [4.69, 9.17) is 23.2 Å². The number of nitrogens with zero attached hydrogens (tertiary/aromatic N) is 2. The van der Waals surface area contributed by atoms with Gasteiger partial charge in [0.15, 0.2) is 0 Å². The quantitative estimate of drug-likeness (QED) is 0.512. The molecule has 0 unspecified atom stereocenters. The van der Waals surface area contributed by atoms with Crippen molar-refractivity contribution in [3.63, 3.8) is 0 Å². The van der Waals surface area contributed by atoms with Crippen LogP contribution >= 0.6 is 23.2 Å². The molecule has 0 bridgehead atoms. The van der Waals surface area contributed by atoms with Crippen molar-refractivity contribution < 1.29 is 13.2 Å². The molecule has 3 aromatic carbocycles. The molecule has 0 radical (unpaired) electrons. The maximum atomic E-state index is 13.5. The smallest absolute Gasteiger partial charge is 0.264 e. The third-order valence-electron chi connectivity index (χ3n) is 5.25. The van der Waals surface area contributed by atoms with Crippen LogP contribution in [0.4, 0.5) is 11.4 Å². The molecule has 1 aliphatic rings. The van der Waals surface area contributed by atoms with E-state index >= 15 is 0 Å². The Morgan fingerprint density at radius 2 is 1.71 bits per heavy atom. The molecule has 0 N–H and O–H groups in total. The van der Waals surface area contributed by atoms with E-state index in [0.717, 1.165) is 22.0 Å². The number of hydrogen-bond donors (Lipinski definition) is 0. The van der Waals surface area contributed by atoms with Gasteiger partial charge in [-0.1, -0.05) is 47.5 Å². The molecule has 3 aromatic rings. The topological polar surface area (TPSA) is 57.7 Å². The first kappa shape index (κ1) is 21.7. The molecule has 0 aliphatic carbocycles. The van der Waals surface area contributed by atoms with Gasteiger partial charge in [0.25, 0.3) is 10.0 Å². The summed E-state index contributed by atoms with van der Waals surface area (Å²) in [6.45, 7) is 1.60. The lowest BCUT2D eigenvalue weighted by Crippen LogP contribution is -2.45. The zero-order chi connectivity index (χ0) is 22.2. The Balaban J connectivity index is 1.74. The molecule has 1 heterocycles. The summed E-state index contributed by atoms with van der Waals surface area (Å²) in [5.41, 5.74) is 2.20. The number of halogens is 2. The normalized spacial score (nSPS) is 15.6. The van der Waals surface area contributed by atoms with Crippen molar-refractivity contribution in [3.05, 3.63) is 88.4 Å². The van der Waals surface area contributed by atoms with Crippen LogP contribution in [0.5, 0.6) is 0 Å². The van der Waals surface area contributed by atoms with Crippen LogP contribution in [-0.2, 0) is 21.2 Å². The second-order valence-corrected chi connectivity index (χ2v) is 10.1. The number of hydrogen-bond acceptors (Lipinski definition) is 3. The number of carbonyl (C=O) groups excluding carboxylic acids is 1. The Kier molecular flexibility index (Phi) is 5.97. The summed E-state index contributed by atoms with van der Waals surface area (Å²) < 4.78 is 28.1. The average Bonchev–Trinajstić information content (AvgIpc) is 3.07. The third-order valence-corrected chi connectivity index (χ3v) is 7.53. The van der Waals surface area contributed by atoms with E-state index in [1.54, 1.807) is 23.1 Å². The highest BCUT2D eigenvalue weighted by atomic mass is 35.5. The van der Waals surface area contributed by atoms with Crippen LogP contribution in [-0.4, -0.2) is 26.9 Å². The maximum Gasteiger partial charge on any atom is 0.264 e. The van der Waals surface area contributed by atoms with Gasteiger partial charge >= 0.3 is 0 Å². The zero-order valence-corrected chi connectivity index (χ0v) is 19.0. The van der Waals surface area contributed by atoms with Crippen molar-refractivity contribution >= 4 is 50.5 Å². The molecule has 0 saturated carbocycles. The van der Waals surface area contributed by atoms with Gasteiger partial charge in [-0.25, -0.2) is 8.42 Å². The largest absolute Gasteiger partial charge is 0.307 e. The summed E-state index contributed by atoms with van der Waals surface area (Å²) in [6.07, 6.45) is 0.725. The van der Waals surface area contributed by atoms with E-state index in [2.05, 4.69) is 0 Å². The highest BCUT2D eigenvalue weighted by Gasteiger charge is 2.34. The maximum absolute atomic E-state index is 13.5. The van der Waals surface area contributed by atoms with Crippen molar-refractivity contribution in [2.45, 2.75) is 24.3 Å². The molecular weight excluding hydrogens is 455 g/mol. The van der Waals surface area contributed by atoms with Crippen LogP contribution in [0.2, 0.25) is 10.0 Å². The Labute approximate surface area is 191 Å². The van der Waals surface area contributed by atoms with E-state index in [9.17, 15) is 13.2 Å². The predicted octanol–water partition coefficient (Wildman–Crippen LogP) is 5.17. The van der Waals surface area contributed by atoms with Gasteiger partial charge in [-0.05, 0) is 67.4 Å². The van der Waals surface area contributed by atoms with Crippen molar-refractivity contribution in [1.82, 2.24) is 0 Å². The Hall–Kier alpha value is -2.54. The summed E-state index contributed by atoms with van der Waals surface area (Å²) in [6, 6.07) is 19.9. The first-order valence-corrected chi connectivity index (χ1v) is 11.9. The standard InChI is InChI=1S/C23H20Cl2N2O3S/c1-16-13-17-5-2-3-8-22(17)27(16)23(28)15-26(20-7-4-6-19(25)14-20)31(29,30)21-11-9-18(24)10-12-21/h2-12,14,16H,13,15H2,1H3/t16-/m0/s1. The van der Waals surface area contributed by atoms with E-state index in [1.807, 2.05) is 31.2 Å². The third kappa shape index (κ3) is 4.28. The summed E-state index contributed by atoms with van der Waals surface area (Å²) in [7, 11) is -4.04. The SMILES string of the molecule is C[C@H]1Cc2ccccc2N1C(=O)CN(c1cccc(Cl)c1)S(=O)(=O)c1ccc(Cl)cc1. The van der Waals surface area contributed by atoms with Gasteiger partial charge in [0.05, 0.1) is 10.6 Å². The summed E-state index contributed by atoms with van der Waals surface area (Å²) in [4.78, 5) is 15.1. The van der Waals surface area contributed by atoms with Gasteiger partial charge in [-0.2, -0.15) is 0 Å². The van der Waals surface area contributed by atoms with E-state index < -0.39 is 10.0 Å². The number of sulfonamides is 1. The Bertz CT molecular complexity index is 1230. The van der Waals surface area contributed by atoms with Crippen molar-refractivity contribution in [1.29, 1.82) is 0 Å². The zero-order valence-electron chi connectivity index (χ0n) is 16.7. The first-order chi connectivity index (χ1) is 14.8. The van der Waals surface area contributed by atoms with Crippen molar-refractivity contribution in [2.24, 2.45) is 0 Å². The highest BCUT2D eigenvalue weighted by Crippen LogP contribution is 2.33. The molecule has 1 amide bonds. The van der Waals surface area contributed by atoms with Gasteiger partial charge in [-0.15, -0.1) is 0 Å². The van der Waals surface area contributed by atoms with Gasteiger partial charge in [-0.3, -0.25) is 9.10 Å². The Morgan fingerprint density at radius 3 is 2.42 bits per heavy atom. The van der Waals surface area contributed by atoms with Gasteiger partial charge in [0, 0.05) is 21.8 Å². The average molecular weight is 475 g/mol. The van der Waals surface area contributed by atoms with E-state index in [0.29, 0.717) is 15.7 Å². The molecule has 1 aliphatic heterocycles. The fourth-order valence-electron chi connectivity index (χ4n) is 3.82. The van der Waals surface area contributed by atoms with Crippen molar-refractivity contribution in [3.8, 4) is 0 Å². The fraction of sp³-hybridized carbons (Fsp3) is 0.174. The number of amides is 1. The number of fused-ring (bicyclic) bond motifs is 1. The minimum Gasteiger partial charge on any atom is -0.307 e. The number of anilines is 2. The molecule has 0 aromatic heterocycles. The van der Waals surface area contributed by atoms with Crippen LogP contribution in [0, 0.1) is 0 Å². The lowest BCUT2D eigenvalue weighted by Gasteiger charge is -2.29. The van der Waals surface area contributed by atoms with E-state index in [1.165, 1.54) is 30.3 Å². The minimum absolute atomic E-state index is 0.0412. The van der Waals surface area contributed by atoms with Gasteiger partial charge < -0.3 is 4.90 Å². The number of rotatable bonds is 5. The molecule has 8 heteroatoms. The molecule has 5 nitrogen and oxygen atoms in total. The molecule has 0 fully saturated rings. The number of benzene rings is 3. The summed E-state index contributed by atoms with van der Waals surface area (Å²) in [5, 5.41) is 0.799. The minimum atomic E-state index is -4.04. The van der Waals surface area contributed by atoms with Crippen LogP contribution in [0.1, 0.15) is 12.5 Å². The number of para-hydroxylation sites is 1. The number of carbonyl (C=O) groups is 1. The van der Waals surface area contributed by atoms with Crippen LogP contribution in [0.25, 0.3) is 0 Å². The van der Waals surface area contributed by atoms with Crippen LogP contribution < -0.4 is 9.21 Å². The lowest BCUT2D eigenvalue weighted by atomic mass is 10.1. The molecule has 160 valence electrons. The highest BCUT2D eigenvalue weighted by molar-refractivity contribution is 7.92. The van der Waals surface area contributed by atoms with E-state index in [-0.39, 0.29) is 23.4 Å². The fourth-order valence-corrected chi connectivity index (χ4v) is 5.54. The molecule has 0 spiro atoms. The Morgan fingerprint density at radius 1 is 1.00 bits per heavy atom. The molecular formula is C23H20Cl2N2O3S. The van der Waals surface area contributed by atoms with Gasteiger partial charge in [0.1, 0.15) is 6.54 Å². The van der Waals surface area contributed by atoms with Crippen molar-refractivity contribution in [2.75, 3.05) is 15.7 Å². The molecule has 4 rings (SSSR count).